The maximum atomic E-state index is 6.00. The van der Waals surface area contributed by atoms with Gasteiger partial charge in [0.1, 0.15) is 17.7 Å². The van der Waals surface area contributed by atoms with E-state index >= 15 is 0 Å². The summed E-state index contributed by atoms with van der Waals surface area (Å²) in [5, 5.41) is 4.06. The van der Waals surface area contributed by atoms with Gasteiger partial charge in [0.05, 0.1) is 11.3 Å². The van der Waals surface area contributed by atoms with E-state index in [4.69, 9.17) is 9.26 Å². The summed E-state index contributed by atoms with van der Waals surface area (Å²) in [5.74, 6) is 2.48. The van der Waals surface area contributed by atoms with Crippen LogP contribution in [-0.2, 0) is 13.0 Å². The zero-order chi connectivity index (χ0) is 20.0. The van der Waals surface area contributed by atoms with Gasteiger partial charge in [-0.1, -0.05) is 17.3 Å². The van der Waals surface area contributed by atoms with E-state index in [0.717, 1.165) is 49.5 Å². The second kappa shape index (κ2) is 6.91. The molecule has 7 nitrogen and oxygen atoms in total. The first-order valence-electron chi connectivity index (χ1n) is 10.1. The summed E-state index contributed by atoms with van der Waals surface area (Å²) in [6.07, 6.45) is 5.42. The van der Waals surface area contributed by atoms with E-state index in [1.54, 1.807) is 19.4 Å². The van der Waals surface area contributed by atoms with Crippen molar-refractivity contribution in [3.05, 3.63) is 53.4 Å². The van der Waals surface area contributed by atoms with Gasteiger partial charge in [0.25, 0.3) is 0 Å². The fourth-order valence-corrected chi connectivity index (χ4v) is 4.46. The van der Waals surface area contributed by atoms with Crippen LogP contribution in [-0.4, -0.2) is 43.7 Å². The monoisotopic (exact) mass is 391 g/mol. The summed E-state index contributed by atoms with van der Waals surface area (Å²) >= 11 is 0. The average Bonchev–Trinajstić information content (AvgIpc) is 3.39. The standard InChI is InChI=1S/C22H25N5O2/c1-14-25-21(26-29-14)18-10-23-13-24-20(18)16-6-7-27(12-16)11-15-4-5-19-17(8-15)9-22(2,3)28-19/h4-5,8,10,13,16H,6-7,9,11-12H2,1-3H3. The molecule has 0 N–H and O–H groups in total. The highest BCUT2D eigenvalue weighted by Gasteiger charge is 2.31. The van der Waals surface area contributed by atoms with E-state index in [0.29, 0.717) is 17.6 Å². The van der Waals surface area contributed by atoms with Gasteiger partial charge in [-0.25, -0.2) is 9.97 Å². The van der Waals surface area contributed by atoms with Gasteiger partial charge in [-0.15, -0.1) is 0 Å². The molecule has 2 aromatic heterocycles. The Balaban J connectivity index is 1.31. The number of hydrogen-bond acceptors (Lipinski definition) is 7. The molecule has 7 heteroatoms. The zero-order valence-electron chi connectivity index (χ0n) is 17.1. The number of rotatable bonds is 4. The molecule has 5 rings (SSSR count). The Morgan fingerprint density at radius 1 is 1.28 bits per heavy atom. The number of nitrogens with zero attached hydrogens (tertiary/aromatic N) is 5. The van der Waals surface area contributed by atoms with Crippen LogP contribution in [0, 0.1) is 6.92 Å². The number of likely N-dealkylation sites (tertiary alicyclic amines) is 1. The molecule has 0 spiro atoms. The van der Waals surface area contributed by atoms with Gasteiger partial charge in [-0.05, 0) is 44.0 Å². The fourth-order valence-electron chi connectivity index (χ4n) is 4.46. The molecular formula is C22H25N5O2. The van der Waals surface area contributed by atoms with Crippen LogP contribution in [0.25, 0.3) is 11.4 Å². The molecule has 2 aliphatic heterocycles. The quantitative estimate of drug-likeness (QED) is 0.673. The maximum Gasteiger partial charge on any atom is 0.223 e. The number of benzene rings is 1. The third kappa shape index (κ3) is 3.62. The number of ether oxygens (including phenoxy) is 1. The number of hydrogen-bond donors (Lipinski definition) is 0. The first kappa shape index (κ1) is 18.2. The molecule has 3 aromatic rings. The fraction of sp³-hybridized carbons (Fsp3) is 0.455. The summed E-state index contributed by atoms with van der Waals surface area (Å²) in [7, 11) is 0. The number of fused-ring (bicyclic) bond motifs is 1. The van der Waals surface area contributed by atoms with Gasteiger partial charge in [0.2, 0.25) is 11.7 Å². The molecule has 1 aromatic carbocycles. The number of aromatic nitrogens is 4. The molecule has 0 radical (unpaired) electrons. The predicted molar refractivity (Wildman–Crippen MR) is 108 cm³/mol. The molecule has 4 heterocycles. The van der Waals surface area contributed by atoms with Crippen LogP contribution in [0.1, 0.15) is 48.9 Å². The van der Waals surface area contributed by atoms with Crippen molar-refractivity contribution in [1.29, 1.82) is 0 Å². The SMILES string of the molecule is Cc1nc(-c2cncnc2C2CCN(Cc3ccc4c(c3)CC(C)(C)O4)C2)no1. The highest BCUT2D eigenvalue weighted by molar-refractivity contribution is 5.57. The molecule has 29 heavy (non-hydrogen) atoms. The van der Waals surface area contributed by atoms with E-state index in [-0.39, 0.29) is 5.60 Å². The van der Waals surface area contributed by atoms with Gasteiger partial charge in [-0.2, -0.15) is 4.98 Å². The molecule has 1 unspecified atom stereocenters. The lowest BCUT2D eigenvalue weighted by atomic mass is 9.99. The number of aryl methyl sites for hydroxylation is 1. The third-order valence-corrected chi connectivity index (χ3v) is 5.70. The van der Waals surface area contributed by atoms with Gasteiger partial charge >= 0.3 is 0 Å². The van der Waals surface area contributed by atoms with Crippen LogP contribution in [0.15, 0.2) is 35.2 Å². The first-order chi connectivity index (χ1) is 14.0. The van der Waals surface area contributed by atoms with Crippen molar-refractivity contribution in [2.75, 3.05) is 13.1 Å². The van der Waals surface area contributed by atoms with E-state index in [1.165, 1.54) is 11.1 Å². The van der Waals surface area contributed by atoms with Crippen molar-refractivity contribution >= 4 is 0 Å². The largest absolute Gasteiger partial charge is 0.487 e. The normalized spacial score (nSPS) is 20.6. The van der Waals surface area contributed by atoms with E-state index in [9.17, 15) is 0 Å². The van der Waals surface area contributed by atoms with Crippen molar-refractivity contribution in [1.82, 2.24) is 25.0 Å². The topological polar surface area (TPSA) is 77.2 Å². The van der Waals surface area contributed by atoms with Gasteiger partial charge in [0, 0.05) is 38.5 Å². The van der Waals surface area contributed by atoms with Crippen LogP contribution in [0.4, 0.5) is 0 Å². The lowest BCUT2D eigenvalue weighted by Gasteiger charge is -2.17. The zero-order valence-corrected chi connectivity index (χ0v) is 17.1. The van der Waals surface area contributed by atoms with Crippen molar-refractivity contribution < 1.29 is 9.26 Å². The van der Waals surface area contributed by atoms with Crippen molar-refractivity contribution in [3.8, 4) is 17.1 Å². The van der Waals surface area contributed by atoms with Gasteiger partial charge < -0.3 is 9.26 Å². The summed E-state index contributed by atoms with van der Waals surface area (Å²) in [6.45, 7) is 9.01. The van der Waals surface area contributed by atoms with Crippen LogP contribution in [0.2, 0.25) is 0 Å². The lowest BCUT2D eigenvalue weighted by molar-refractivity contribution is 0.138. The highest BCUT2D eigenvalue weighted by Crippen LogP contribution is 2.36. The third-order valence-electron chi connectivity index (χ3n) is 5.70. The predicted octanol–water partition coefficient (Wildman–Crippen LogP) is 3.54. The van der Waals surface area contributed by atoms with Crippen molar-refractivity contribution in [2.24, 2.45) is 0 Å². The minimum absolute atomic E-state index is 0.101. The minimum Gasteiger partial charge on any atom is -0.487 e. The van der Waals surface area contributed by atoms with Crippen molar-refractivity contribution in [2.45, 2.75) is 51.7 Å². The van der Waals surface area contributed by atoms with Crippen LogP contribution < -0.4 is 4.74 Å². The molecule has 2 aliphatic rings. The summed E-state index contributed by atoms with van der Waals surface area (Å²) in [5.41, 5.74) is 4.42. The molecule has 0 amide bonds. The molecule has 1 saturated heterocycles. The van der Waals surface area contributed by atoms with Crippen LogP contribution >= 0.6 is 0 Å². The molecule has 0 saturated carbocycles. The Morgan fingerprint density at radius 3 is 3.00 bits per heavy atom. The minimum atomic E-state index is -0.101. The van der Waals surface area contributed by atoms with Gasteiger partial charge in [-0.3, -0.25) is 4.90 Å². The van der Waals surface area contributed by atoms with Gasteiger partial charge in [0.15, 0.2) is 0 Å². The Morgan fingerprint density at radius 2 is 2.17 bits per heavy atom. The molecular weight excluding hydrogens is 366 g/mol. The molecule has 150 valence electrons. The van der Waals surface area contributed by atoms with E-state index in [1.807, 2.05) is 0 Å². The Kier molecular flexibility index (Phi) is 4.35. The van der Waals surface area contributed by atoms with E-state index < -0.39 is 0 Å². The van der Waals surface area contributed by atoms with E-state index in [2.05, 4.69) is 57.1 Å². The highest BCUT2D eigenvalue weighted by atomic mass is 16.5. The second-order valence-electron chi connectivity index (χ2n) is 8.66. The maximum absolute atomic E-state index is 6.00. The average molecular weight is 391 g/mol. The van der Waals surface area contributed by atoms with Crippen molar-refractivity contribution in [3.63, 3.8) is 0 Å². The molecule has 0 aliphatic carbocycles. The summed E-state index contributed by atoms with van der Waals surface area (Å²) in [6, 6.07) is 6.61. The van der Waals surface area contributed by atoms with Crippen LogP contribution in [0.5, 0.6) is 5.75 Å². The smallest absolute Gasteiger partial charge is 0.223 e. The Hall–Kier alpha value is -2.80. The summed E-state index contributed by atoms with van der Waals surface area (Å²) < 4.78 is 11.2. The Bertz CT molecular complexity index is 1050. The first-order valence-corrected chi connectivity index (χ1v) is 10.1. The second-order valence-corrected chi connectivity index (χ2v) is 8.66. The lowest BCUT2D eigenvalue weighted by Crippen LogP contribution is -2.24. The molecule has 0 bridgehead atoms. The molecule has 1 atom stereocenters. The van der Waals surface area contributed by atoms with Crippen LogP contribution in [0.3, 0.4) is 0 Å². The summed E-state index contributed by atoms with van der Waals surface area (Å²) in [4.78, 5) is 15.6. The Labute approximate surface area is 170 Å². The molecule has 1 fully saturated rings.